The van der Waals surface area contributed by atoms with Crippen molar-refractivity contribution in [2.24, 2.45) is 0 Å². The Hall–Kier alpha value is -2.28. The Balaban J connectivity index is 1.59. The average Bonchev–Trinajstić information content (AvgIpc) is 2.63. The predicted molar refractivity (Wildman–Crippen MR) is 97.1 cm³/mol. The third-order valence-electron chi connectivity index (χ3n) is 5.00. The molecule has 0 aliphatic heterocycles. The lowest BCUT2D eigenvalue weighted by molar-refractivity contribution is 0.598. The monoisotopic (exact) mass is 301 g/mol. The summed E-state index contributed by atoms with van der Waals surface area (Å²) < 4.78 is 0. The summed E-state index contributed by atoms with van der Waals surface area (Å²) in [5, 5.41) is 3.84. The number of allylic oxidation sites excluding steroid dienone is 7. The summed E-state index contributed by atoms with van der Waals surface area (Å²) in [7, 11) is 0. The Bertz CT molecular complexity index is 716. The first-order valence-corrected chi connectivity index (χ1v) is 8.67. The van der Waals surface area contributed by atoms with Gasteiger partial charge in [-0.1, -0.05) is 72.9 Å². The third kappa shape index (κ3) is 2.96. The van der Waals surface area contributed by atoms with Crippen molar-refractivity contribution in [1.29, 1.82) is 0 Å². The molecular formula is C22H23N. The molecule has 1 N–H and O–H groups in total. The minimum Gasteiger partial charge on any atom is -0.378 e. The maximum Gasteiger partial charge on any atom is 0.0550 e. The van der Waals surface area contributed by atoms with E-state index in [9.17, 15) is 0 Å². The number of benzene rings is 1. The van der Waals surface area contributed by atoms with Gasteiger partial charge in [-0.05, 0) is 42.4 Å². The molecule has 3 aliphatic rings. The van der Waals surface area contributed by atoms with Crippen molar-refractivity contribution in [3.05, 3.63) is 95.3 Å². The fraction of sp³-hybridized carbons (Fsp3) is 0.273. The van der Waals surface area contributed by atoms with Gasteiger partial charge in [0.05, 0.1) is 6.04 Å². The van der Waals surface area contributed by atoms with Crippen LogP contribution in [-0.4, -0.2) is 6.04 Å². The Labute approximate surface area is 138 Å². The largest absolute Gasteiger partial charge is 0.378 e. The zero-order valence-electron chi connectivity index (χ0n) is 13.4. The molecule has 1 aromatic carbocycles. The van der Waals surface area contributed by atoms with E-state index >= 15 is 0 Å². The minimum absolute atomic E-state index is 0.325. The maximum atomic E-state index is 3.84. The second-order valence-corrected chi connectivity index (χ2v) is 6.48. The van der Waals surface area contributed by atoms with Crippen molar-refractivity contribution in [3.63, 3.8) is 0 Å². The highest BCUT2D eigenvalue weighted by Gasteiger charge is 2.24. The first-order chi connectivity index (χ1) is 11.4. The highest BCUT2D eigenvalue weighted by molar-refractivity contribution is 5.45. The SMILES string of the molecule is C1=CC(NC2=CCCC3=C2CCC=C3)C(c2ccccc2)C=C1. The van der Waals surface area contributed by atoms with E-state index in [1.165, 1.54) is 41.7 Å². The van der Waals surface area contributed by atoms with Crippen LogP contribution in [0.2, 0.25) is 0 Å². The molecule has 4 rings (SSSR count). The molecule has 1 nitrogen and oxygen atoms in total. The van der Waals surface area contributed by atoms with Crippen molar-refractivity contribution in [2.75, 3.05) is 0 Å². The maximum absolute atomic E-state index is 3.84. The summed E-state index contributed by atoms with van der Waals surface area (Å²) in [6.45, 7) is 0. The van der Waals surface area contributed by atoms with E-state index in [4.69, 9.17) is 0 Å². The molecule has 1 aromatic rings. The van der Waals surface area contributed by atoms with Crippen LogP contribution >= 0.6 is 0 Å². The average molecular weight is 301 g/mol. The molecule has 2 unspecified atom stereocenters. The van der Waals surface area contributed by atoms with Crippen LogP contribution in [0.15, 0.2) is 89.7 Å². The molecule has 1 heteroatoms. The lowest BCUT2D eigenvalue weighted by atomic mass is 9.85. The van der Waals surface area contributed by atoms with Gasteiger partial charge in [-0.2, -0.15) is 0 Å². The van der Waals surface area contributed by atoms with Gasteiger partial charge in [-0.15, -0.1) is 0 Å². The van der Waals surface area contributed by atoms with E-state index in [1.54, 1.807) is 0 Å². The van der Waals surface area contributed by atoms with Crippen LogP contribution in [0.25, 0.3) is 0 Å². The quantitative estimate of drug-likeness (QED) is 0.811. The minimum atomic E-state index is 0.325. The molecule has 0 aromatic heterocycles. The summed E-state index contributed by atoms with van der Waals surface area (Å²) in [6.07, 6.45) is 20.7. The zero-order chi connectivity index (χ0) is 15.5. The van der Waals surface area contributed by atoms with Crippen LogP contribution in [-0.2, 0) is 0 Å². The molecule has 116 valence electrons. The molecule has 0 fully saturated rings. The zero-order valence-corrected chi connectivity index (χ0v) is 13.4. The smallest absolute Gasteiger partial charge is 0.0550 e. The lowest BCUT2D eigenvalue weighted by Crippen LogP contribution is -2.34. The second-order valence-electron chi connectivity index (χ2n) is 6.48. The number of hydrogen-bond acceptors (Lipinski definition) is 1. The van der Waals surface area contributed by atoms with Crippen LogP contribution in [0, 0.1) is 0 Å². The molecule has 3 aliphatic carbocycles. The molecule has 0 amide bonds. The van der Waals surface area contributed by atoms with Gasteiger partial charge in [0.25, 0.3) is 0 Å². The summed E-state index contributed by atoms with van der Waals surface area (Å²) in [5.74, 6) is 0.396. The highest BCUT2D eigenvalue weighted by Crippen LogP contribution is 2.33. The van der Waals surface area contributed by atoms with Crippen molar-refractivity contribution in [1.82, 2.24) is 5.32 Å². The Kier molecular flexibility index (Phi) is 4.02. The van der Waals surface area contributed by atoms with Crippen molar-refractivity contribution >= 4 is 0 Å². The number of hydrogen-bond donors (Lipinski definition) is 1. The Morgan fingerprint density at radius 2 is 1.78 bits per heavy atom. The van der Waals surface area contributed by atoms with E-state index in [0.29, 0.717) is 12.0 Å². The van der Waals surface area contributed by atoms with E-state index in [-0.39, 0.29) is 0 Å². The molecule has 0 spiro atoms. The molecular weight excluding hydrogens is 278 g/mol. The van der Waals surface area contributed by atoms with Gasteiger partial charge in [-0.3, -0.25) is 0 Å². The third-order valence-corrected chi connectivity index (χ3v) is 5.00. The van der Waals surface area contributed by atoms with E-state index < -0.39 is 0 Å². The van der Waals surface area contributed by atoms with Gasteiger partial charge in [0.2, 0.25) is 0 Å². The van der Waals surface area contributed by atoms with Crippen LogP contribution in [0.3, 0.4) is 0 Å². The normalized spacial score (nSPS) is 26.0. The van der Waals surface area contributed by atoms with Crippen molar-refractivity contribution < 1.29 is 0 Å². The van der Waals surface area contributed by atoms with Gasteiger partial charge in [-0.25, -0.2) is 0 Å². The summed E-state index contributed by atoms with van der Waals surface area (Å²) in [5.41, 5.74) is 5.81. The first-order valence-electron chi connectivity index (χ1n) is 8.67. The fourth-order valence-corrected chi connectivity index (χ4v) is 3.82. The second kappa shape index (κ2) is 6.45. The van der Waals surface area contributed by atoms with Gasteiger partial charge < -0.3 is 5.32 Å². The molecule has 2 atom stereocenters. The first kappa shape index (κ1) is 14.3. The van der Waals surface area contributed by atoms with E-state index in [0.717, 1.165) is 6.42 Å². The molecule has 0 bridgehead atoms. The predicted octanol–water partition coefficient (Wildman–Crippen LogP) is 5.18. The molecule has 0 heterocycles. The van der Waals surface area contributed by atoms with Crippen LogP contribution in [0.1, 0.15) is 37.2 Å². The topological polar surface area (TPSA) is 12.0 Å². The Morgan fingerprint density at radius 1 is 0.913 bits per heavy atom. The molecule has 0 saturated heterocycles. The summed E-state index contributed by atoms with van der Waals surface area (Å²) >= 11 is 0. The van der Waals surface area contributed by atoms with Crippen LogP contribution in [0.5, 0.6) is 0 Å². The highest BCUT2D eigenvalue weighted by atomic mass is 14.9. The van der Waals surface area contributed by atoms with Crippen molar-refractivity contribution in [3.8, 4) is 0 Å². The van der Waals surface area contributed by atoms with Crippen molar-refractivity contribution in [2.45, 2.75) is 37.6 Å². The molecule has 0 saturated carbocycles. The number of nitrogens with one attached hydrogen (secondary N) is 1. The van der Waals surface area contributed by atoms with Crippen LogP contribution in [0.4, 0.5) is 0 Å². The lowest BCUT2D eigenvalue weighted by Gasteiger charge is -2.31. The van der Waals surface area contributed by atoms with Gasteiger partial charge in [0, 0.05) is 11.6 Å². The Morgan fingerprint density at radius 3 is 2.70 bits per heavy atom. The fourth-order valence-electron chi connectivity index (χ4n) is 3.82. The van der Waals surface area contributed by atoms with E-state index in [2.05, 4.69) is 78.2 Å². The molecule has 23 heavy (non-hydrogen) atoms. The van der Waals surface area contributed by atoms with Gasteiger partial charge >= 0.3 is 0 Å². The van der Waals surface area contributed by atoms with Gasteiger partial charge in [0.1, 0.15) is 0 Å². The molecule has 0 radical (unpaired) electrons. The van der Waals surface area contributed by atoms with Crippen LogP contribution < -0.4 is 5.32 Å². The van der Waals surface area contributed by atoms with E-state index in [1.807, 2.05) is 0 Å². The standard InChI is InChI=1S/C22H23N/c1-2-9-17(10-3-1)19-14-6-7-15-21(19)23-22-16-8-12-18-11-4-5-13-20(18)22/h1-4,6-7,9-11,14-16,19,21,23H,5,8,12-13H2. The number of rotatable bonds is 3. The van der Waals surface area contributed by atoms with Gasteiger partial charge in [0.15, 0.2) is 0 Å². The summed E-state index contributed by atoms with van der Waals surface area (Å²) in [6, 6.07) is 11.1. The summed E-state index contributed by atoms with van der Waals surface area (Å²) in [4.78, 5) is 0.